The van der Waals surface area contributed by atoms with E-state index in [1.165, 1.54) is 12.3 Å². The fourth-order valence-electron chi connectivity index (χ4n) is 2.42. The zero-order valence-electron chi connectivity index (χ0n) is 10.8. The lowest BCUT2D eigenvalue weighted by Gasteiger charge is -2.15. The van der Waals surface area contributed by atoms with E-state index in [9.17, 15) is 14.9 Å². The molecule has 0 aliphatic carbocycles. The smallest absolute Gasteiger partial charge is 0.319 e. The SMILES string of the molecule is O=C(c1ccnc(Cl)c1[N+](=O)[O-])N1Cc2ccccc2C1. The van der Waals surface area contributed by atoms with Crippen molar-refractivity contribution in [2.75, 3.05) is 0 Å². The standard InChI is InChI=1S/C14H10ClN3O3/c15-13-12(18(20)21)11(5-6-16-13)14(19)17-7-9-3-1-2-4-10(9)8-17/h1-6H,7-8H2. The molecule has 1 amide bonds. The van der Waals surface area contributed by atoms with Crippen LogP contribution in [0.3, 0.4) is 0 Å². The van der Waals surface area contributed by atoms with Crippen LogP contribution in [0.5, 0.6) is 0 Å². The van der Waals surface area contributed by atoms with Gasteiger partial charge in [0.15, 0.2) is 0 Å². The Hall–Kier alpha value is -2.47. The number of nitrogens with zero attached hydrogens (tertiary/aromatic N) is 3. The van der Waals surface area contributed by atoms with Gasteiger partial charge in [-0.2, -0.15) is 0 Å². The lowest BCUT2D eigenvalue weighted by atomic mass is 10.1. The van der Waals surface area contributed by atoms with Crippen molar-refractivity contribution in [2.45, 2.75) is 13.1 Å². The Morgan fingerprint density at radius 3 is 2.43 bits per heavy atom. The van der Waals surface area contributed by atoms with Gasteiger partial charge in [0.2, 0.25) is 5.15 Å². The summed E-state index contributed by atoms with van der Waals surface area (Å²) in [4.78, 5) is 28.2. The van der Waals surface area contributed by atoms with Crippen LogP contribution in [0.15, 0.2) is 36.5 Å². The Labute approximate surface area is 125 Å². The van der Waals surface area contributed by atoms with E-state index in [0.717, 1.165) is 11.1 Å². The second kappa shape index (κ2) is 5.14. The van der Waals surface area contributed by atoms with Gasteiger partial charge in [0.25, 0.3) is 5.91 Å². The van der Waals surface area contributed by atoms with Crippen molar-refractivity contribution in [3.63, 3.8) is 0 Å². The second-order valence-electron chi connectivity index (χ2n) is 4.68. The molecule has 0 atom stereocenters. The number of halogens is 1. The Morgan fingerprint density at radius 2 is 1.86 bits per heavy atom. The summed E-state index contributed by atoms with van der Waals surface area (Å²) in [6.45, 7) is 0.873. The largest absolute Gasteiger partial charge is 0.330 e. The zero-order valence-corrected chi connectivity index (χ0v) is 11.6. The van der Waals surface area contributed by atoms with Crippen LogP contribution in [-0.4, -0.2) is 20.7 Å². The number of amides is 1. The lowest BCUT2D eigenvalue weighted by Crippen LogP contribution is -2.26. The Bertz CT molecular complexity index is 723. The van der Waals surface area contributed by atoms with Gasteiger partial charge in [-0.3, -0.25) is 14.9 Å². The highest BCUT2D eigenvalue weighted by atomic mass is 35.5. The molecule has 0 spiro atoms. The number of hydrogen-bond acceptors (Lipinski definition) is 4. The quantitative estimate of drug-likeness (QED) is 0.485. The fraction of sp³-hybridized carbons (Fsp3) is 0.143. The summed E-state index contributed by atoms with van der Waals surface area (Å²) < 4.78 is 0. The number of hydrogen-bond donors (Lipinski definition) is 0. The van der Waals surface area contributed by atoms with Crippen LogP contribution in [0.25, 0.3) is 0 Å². The third kappa shape index (κ3) is 2.34. The minimum atomic E-state index is -0.675. The van der Waals surface area contributed by atoms with Crippen LogP contribution in [-0.2, 0) is 13.1 Å². The van der Waals surface area contributed by atoms with E-state index >= 15 is 0 Å². The molecule has 0 unspecified atom stereocenters. The second-order valence-corrected chi connectivity index (χ2v) is 5.04. The maximum absolute atomic E-state index is 12.5. The first-order chi connectivity index (χ1) is 10.1. The minimum absolute atomic E-state index is 0.0344. The average Bonchev–Trinajstić information content (AvgIpc) is 2.89. The molecule has 21 heavy (non-hydrogen) atoms. The molecule has 1 aromatic carbocycles. The van der Waals surface area contributed by atoms with Gasteiger partial charge in [0, 0.05) is 19.3 Å². The van der Waals surface area contributed by atoms with Crippen molar-refractivity contribution in [3.8, 4) is 0 Å². The molecule has 0 saturated heterocycles. The molecule has 0 radical (unpaired) electrons. The molecular weight excluding hydrogens is 294 g/mol. The minimum Gasteiger partial charge on any atom is -0.330 e. The number of carbonyl (C=O) groups is 1. The maximum atomic E-state index is 12.5. The predicted molar refractivity (Wildman–Crippen MR) is 75.9 cm³/mol. The van der Waals surface area contributed by atoms with Crippen molar-refractivity contribution in [1.82, 2.24) is 9.88 Å². The first-order valence-corrected chi connectivity index (χ1v) is 6.60. The van der Waals surface area contributed by atoms with Gasteiger partial charge in [0.05, 0.1) is 4.92 Å². The van der Waals surface area contributed by atoms with E-state index in [0.29, 0.717) is 13.1 Å². The summed E-state index contributed by atoms with van der Waals surface area (Å²) in [7, 11) is 0. The number of aromatic nitrogens is 1. The number of benzene rings is 1. The van der Waals surface area contributed by atoms with Gasteiger partial charge in [0.1, 0.15) is 5.56 Å². The molecule has 1 aromatic heterocycles. The normalized spacial score (nSPS) is 13.1. The summed E-state index contributed by atoms with van der Waals surface area (Å²) in [5, 5.41) is 10.8. The Kier molecular flexibility index (Phi) is 3.31. The van der Waals surface area contributed by atoms with Crippen molar-refractivity contribution in [1.29, 1.82) is 0 Å². The molecule has 1 aliphatic rings. The molecule has 3 rings (SSSR count). The summed E-state index contributed by atoms with van der Waals surface area (Å²) in [6.07, 6.45) is 1.30. The summed E-state index contributed by atoms with van der Waals surface area (Å²) >= 11 is 5.74. The van der Waals surface area contributed by atoms with Crippen LogP contribution in [0.4, 0.5) is 5.69 Å². The number of nitro groups is 1. The monoisotopic (exact) mass is 303 g/mol. The van der Waals surface area contributed by atoms with Gasteiger partial charge < -0.3 is 4.90 Å². The van der Waals surface area contributed by atoms with Gasteiger partial charge in [-0.1, -0.05) is 35.9 Å². The molecular formula is C14H10ClN3O3. The number of fused-ring (bicyclic) bond motifs is 1. The molecule has 0 fully saturated rings. The third-order valence-corrected chi connectivity index (χ3v) is 3.70. The van der Waals surface area contributed by atoms with Gasteiger partial charge in [-0.25, -0.2) is 4.98 Å². The molecule has 7 heteroatoms. The molecule has 106 valence electrons. The van der Waals surface area contributed by atoms with Crippen LogP contribution in [0, 0.1) is 10.1 Å². The van der Waals surface area contributed by atoms with Crippen LogP contribution < -0.4 is 0 Å². The van der Waals surface area contributed by atoms with E-state index in [4.69, 9.17) is 11.6 Å². The maximum Gasteiger partial charge on any atom is 0.319 e. The van der Waals surface area contributed by atoms with Crippen LogP contribution >= 0.6 is 11.6 Å². The van der Waals surface area contributed by atoms with Crippen molar-refractivity contribution in [2.24, 2.45) is 0 Å². The molecule has 0 bridgehead atoms. The van der Waals surface area contributed by atoms with Crippen molar-refractivity contribution >= 4 is 23.2 Å². The first-order valence-electron chi connectivity index (χ1n) is 6.23. The summed E-state index contributed by atoms with van der Waals surface area (Å²) in [6, 6.07) is 9.01. The fourth-order valence-corrected chi connectivity index (χ4v) is 2.65. The third-order valence-electron chi connectivity index (χ3n) is 3.42. The van der Waals surface area contributed by atoms with E-state index in [2.05, 4.69) is 4.98 Å². The van der Waals surface area contributed by atoms with E-state index in [1.807, 2.05) is 24.3 Å². The number of rotatable bonds is 2. The first kappa shape index (κ1) is 13.5. The van der Waals surface area contributed by atoms with Gasteiger partial charge >= 0.3 is 5.69 Å². The van der Waals surface area contributed by atoms with Crippen LogP contribution in [0.1, 0.15) is 21.5 Å². The Morgan fingerprint density at radius 1 is 1.24 bits per heavy atom. The average molecular weight is 304 g/mol. The molecule has 0 N–H and O–H groups in total. The molecule has 1 aliphatic heterocycles. The molecule has 0 saturated carbocycles. The molecule has 2 heterocycles. The van der Waals surface area contributed by atoms with Crippen molar-refractivity contribution in [3.05, 3.63) is 68.5 Å². The van der Waals surface area contributed by atoms with Gasteiger partial charge in [-0.15, -0.1) is 0 Å². The van der Waals surface area contributed by atoms with Crippen molar-refractivity contribution < 1.29 is 9.72 Å². The van der Waals surface area contributed by atoms with Gasteiger partial charge in [-0.05, 0) is 17.2 Å². The number of carbonyl (C=O) groups excluding carboxylic acids is 1. The molecule has 2 aromatic rings. The highest BCUT2D eigenvalue weighted by molar-refractivity contribution is 6.32. The summed E-state index contributed by atoms with van der Waals surface area (Å²) in [5.41, 5.74) is 1.62. The lowest BCUT2D eigenvalue weighted by molar-refractivity contribution is -0.385. The van der Waals surface area contributed by atoms with E-state index < -0.39 is 16.5 Å². The topological polar surface area (TPSA) is 76.3 Å². The Balaban J connectivity index is 1.95. The highest BCUT2D eigenvalue weighted by Gasteiger charge is 2.30. The van der Waals surface area contributed by atoms with E-state index in [1.54, 1.807) is 4.90 Å². The molecule has 6 nitrogen and oxygen atoms in total. The summed E-state index contributed by atoms with van der Waals surface area (Å²) in [5.74, 6) is -0.415. The predicted octanol–water partition coefficient (Wildman–Crippen LogP) is 2.80. The zero-order chi connectivity index (χ0) is 15.0. The highest BCUT2D eigenvalue weighted by Crippen LogP contribution is 2.30. The van der Waals surface area contributed by atoms with Crippen LogP contribution in [0.2, 0.25) is 5.15 Å². The number of pyridine rings is 1. The van der Waals surface area contributed by atoms with E-state index in [-0.39, 0.29) is 10.7 Å².